The van der Waals surface area contributed by atoms with Crippen molar-refractivity contribution < 1.29 is 9.84 Å². The number of hydrogen-bond acceptors (Lipinski definition) is 10. The maximum atomic E-state index is 11.8. The highest BCUT2D eigenvalue weighted by Crippen LogP contribution is 2.39. The number of methoxy groups -OCH3 is 1. The molecule has 2 N–H and O–H groups in total. The minimum atomic E-state index is -1.03. The standard InChI is InChI=1S/C31H36N8O2/c1-21-6-5-7-22(2)28(21)38-20-23-18-33-30(34-24-8-10-25(11-9-24)37-16-14-36(3)15-17-37)35-29(23)39(31(38)40)27-13-12-26(41-4)19-32-27/h5-13,18-19,31,40H,14-17,20H2,1-4H3,(H,33,34,35). The predicted octanol–water partition coefficient (Wildman–Crippen LogP) is 4.43. The molecule has 0 amide bonds. The van der Waals surface area contributed by atoms with Crippen molar-refractivity contribution in [1.29, 1.82) is 0 Å². The second-order valence-corrected chi connectivity index (χ2v) is 10.6. The minimum Gasteiger partial charge on any atom is -0.495 e. The molecule has 2 aliphatic rings. The Morgan fingerprint density at radius 2 is 1.63 bits per heavy atom. The lowest BCUT2D eigenvalue weighted by atomic mass is 10.1. The SMILES string of the molecule is COc1ccc(N2c3nc(Nc4ccc(N5CCN(C)CC5)cc4)ncc3CN(c3c(C)cccc3C)C2O)nc1. The molecule has 4 aromatic rings. The topological polar surface area (TPSA) is 93.1 Å². The Morgan fingerprint density at radius 1 is 0.902 bits per heavy atom. The van der Waals surface area contributed by atoms with Crippen molar-refractivity contribution in [3.63, 3.8) is 0 Å². The third kappa shape index (κ3) is 5.36. The zero-order valence-corrected chi connectivity index (χ0v) is 23.9. The number of aryl methyl sites for hydroxylation is 2. The number of aliphatic hydroxyl groups excluding tert-OH is 1. The summed E-state index contributed by atoms with van der Waals surface area (Å²) in [5.74, 6) is 2.24. The van der Waals surface area contributed by atoms with Crippen molar-refractivity contribution in [1.82, 2.24) is 19.9 Å². The highest BCUT2D eigenvalue weighted by Gasteiger charge is 2.36. The normalized spacial score (nSPS) is 17.4. The summed E-state index contributed by atoms with van der Waals surface area (Å²) in [7, 11) is 3.77. The Labute approximate surface area is 240 Å². The number of rotatable bonds is 6. The van der Waals surface area contributed by atoms with Gasteiger partial charge >= 0.3 is 0 Å². The van der Waals surface area contributed by atoms with Gasteiger partial charge in [-0.15, -0.1) is 0 Å². The summed E-state index contributed by atoms with van der Waals surface area (Å²) in [5, 5.41) is 15.1. The second kappa shape index (κ2) is 11.2. The Kier molecular flexibility index (Phi) is 7.34. The van der Waals surface area contributed by atoms with Gasteiger partial charge < -0.3 is 29.9 Å². The second-order valence-electron chi connectivity index (χ2n) is 10.6. The molecule has 1 saturated heterocycles. The highest BCUT2D eigenvalue weighted by atomic mass is 16.5. The maximum absolute atomic E-state index is 11.8. The van der Waals surface area contributed by atoms with Gasteiger partial charge in [0.05, 0.1) is 19.9 Å². The fourth-order valence-corrected chi connectivity index (χ4v) is 5.56. The van der Waals surface area contributed by atoms with E-state index in [2.05, 4.69) is 82.4 Å². The van der Waals surface area contributed by atoms with Crippen LogP contribution in [0.2, 0.25) is 0 Å². The monoisotopic (exact) mass is 552 g/mol. The quantitative estimate of drug-likeness (QED) is 0.358. The third-order valence-electron chi connectivity index (χ3n) is 7.84. The van der Waals surface area contributed by atoms with E-state index >= 15 is 0 Å². The van der Waals surface area contributed by atoms with Crippen molar-refractivity contribution in [3.8, 4) is 5.75 Å². The molecule has 212 valence electrons. The average Bonchev–Trinajstić information content (AvgIpc) is 2.98. The molecule has 41 heavy (non-hydrogen) atoms. The van der Waals surface area contributed by atoms with Gasteiger partial charge in [-0.25, -0.2) is 9.97 Å². The van der Waals surface area contributed by atoms with Crippen LogP contribution in [0, 0.1) is 13.8 Å². The van der Waals surface area contributed by atoms with Crippen molar-refractivity contribution in [2.75, 3.05) is 60.4 Å². The summed E-state index contributed by atoms with van der Waals surface area (Å²) in [6, 6.07) is 18.2. The molecule has 1 fully saturated rings. The molecule has 0 aliphatic carbocycles. The summed E-state index contributed by atoms with van der Waals surface area (Å²) in [4.78, 5) is 22.6. The van der Waals surface area contributed by atoms with E-state index in [4.69, 9.17) is 9.72 Å². The molecule has 1 atom stereocenters. The zero-order valence-electron chi connectivity index (χ0n) is 23.9. The van der Waals surface area contributed by atoms with Crippen molar-refractivity contribution in [2.45, 2.75) is 26.7 Å². The molecule has 6 rings (SSSR count). The largest absolute Gasteiger partial charge is 0.495 e. The molecule has 2 aromatic heterocycles. The number of para-hydroxylation sites is 1. The van der Waals surface area contributed by atoms with Gasteiger partial charge in [0, 0.05) is 55.0 Å². The van der Waals surface area contributed by atoms with E-state index < -0.39 is 6.35 Å². The molecular formula is C31H36N8O2. The Hall–Kier alpha value is -4.41. The summed E-state index contributed by atoms with van der Waals surface area (Å²) in [5.41, 5.74) is 6.12. The fourth-order valence-electron chi connectivity index (χ4n) is 5.56. The van der Waals surface area contributed by atoms with Crippen LogP contribution in [0.5, 0.6) is 5.75 Å². The van der Waals surface area contributed by atoms with Crippen LogP contribution in [-0.4, -0.2) is 71.6 Å². The lowest BCUT2D eigenvalue weighted by Crippen LogP contribution is -2.51. The predicted molar refractivity (Wildman–Crippen MR) is 163 cm³/mol. The van der Waals surface area contributed by atoms with Gasteiger partial charge in [-0.2, -0.15) is 4.98 Å². The first-order valence-electron chi connectivity index (χ1n) is 13.9. The molecule has 0 radical (unpaired) electrons. The summed E-state index contributed by atoms with van der Waals surface area (Å²) < 4.78 is 5.32. The van der Waals surface area contributed by atoms with Crippen LogP contribution < -0.4 is 24.8 Å². The summed E-state index contributed by atoms with van der Waals surface area (Å²) >= 11 is 0. The van der Waals surface area contributed by atoms with Crippen molar-refractivity contribution in [2.24, 2.45) is 0 Å². The minimum absolute atomic E-state index is 0.447. The van der Waals surface area contributed by atoms with Gasteiger partial charge in [-0.05, 0) is 68.4 Å². The van der Waals surface area contributed by atoms with Gasteiger partial charge in [-0.1, -0.05) is 18.2 Å². The number of pyridine rings is 1. The molecule has 0 spiro atoms. The number of hydrogen-bond donors (Lipinski definition) is 2. The smallest absolute Gasteiger partial charge is 0.229 e. The molecular weight excluding hydrogens is 516 g/mol. The van der Waals surface area contributed by atoms with Crippen LogP contribution >= 0.6 is 0 Å². The van der Waals surface area contributed by atoms with E-state index in [0.717, 1.165) is 54.2 Å². The summed E-state index contributed by atoms with van der Waals surface area (Å²) in [6.07, 6.45) is 2.43. The van der Waals surface area contributed by atoms with E-state index in [1.54, 1.807) is 18.2 Å². The van der Waals surface area contributed by atoms with Gasteiger partial charge in [0.1, 0.15) is 17.4 Å². The first-order valence-corrected chi connectivity index (χ1v) is 13.9. The average molecular weight is 553 g/mol. The molecule has 1 unspecified atom stereocenters. The molecule has 10 heteroatoms. The first-order chi connectivity index (χ1) is 19.9. The van der Waals surface area contributed by atoms with Gasteiger partial charge in [0.25, 0.3) is 0 Å². The Morgan fingerprint density at radius 3 is 2.29 bits per heavy atom. The number of anilines is 6. The van der Waals surface area contributed by atoms with Crippen LogP contribution in [0.3, 0.4) is 0 Å². The Balaban J connectivity index is 1.32. The lowest BCUT2D eigenvalue weighted by molar-refractivity contribution is 0.165. The maximum Gasteiger partial charge on any atom is 0.229 e. The van der Waals surface area contributed by atoms with Crippen LogP contribution in [0.25, 0.3) is 0 Å². The van der Waals surface area contributed by atoms with Gasteiger partial charge in [0.2, 0.25) is 12.3 Å². The van der Waals surface area contributed by atoms with Crippen molar-refractivity contribution in [3.05, 3.63) is 83.7 Å². The molecule has 0 saturated carbocycles. The summed E-state index contributed by atoms with van der Waals surface area (Å²) in [6.45, 7) is 8.74. The van der Waals surface area contributed by atoms with E-state index in [-0.39, 0.29) is 0 Å². The number of nitrogens with one attached hydrogen (secondary N) is 1. The number of likely N-dealkylation sites (N-methyl/N-ethyl adjacent to an activating group) is 1. The molecule has 2 aromatic carbocycles. The number of piperazine rings is 1. The first kappa shape index (κ1) is 26.8. The molecule has 4 heterocycles. The number of aliphatic hydroxyl groups is 1. The van der Waals surface area contributed by atoms with Crippen LogP contribution in [-0.2, 0) is 6.54 Å². The fraction of sp³-hybridized carbons (Fsp3) is 0.323. The number of aromatic nitrogens is 3. The third-order valence-corrected chi connectivity index (χ3v) is 7.84. The number of nitrogens with zero attached hydrogens (tertiary/aromatic N) is 7. The molecule has 10 nitrogen and oxygen atoms in total. The zero-order chi connectivity index (χ0) is 28.5. The number of ether oxygens (including phenoxy) is 1. The van der Waals surface area contributed by atoms with E-state index in [1.807, 2.05) is 29.3 Å². The van der Waals surface area contributed by atoms with Crippen LogP contribution in [0.1, 0.15) is 16.7 Å². The number of benzene rings is 2. The number of fused-ring (bicyclic) bond motifs is 1. The molecule has 2 aliphatic heterocycles. The molecule has 0 bridgehead atoms. The van der Waals surface area contributed by atoms with Crippen molar-refractivity contribution >= 4 is 34.6 Å². The van der Waals surface area contributed by atoms with E-state index in [1.165, 1.54) is 5.69 Å². The lowest BCUT2D eigenvalue weighted by Gasteiger charge is -2.43. The van der Waals surface area contributed by atoms with Crippen LogP contribution in [0.15, 0.2) is 67.0 Å². The van der Waals surface area contributed by atoms with Gasteiger partial charge in [-0.3, -0.25) is 4.90 Å². The highest BCUT2D eigenvalue weighted by molar-refractivity contribution is 5.70. The van der Waals surface area contributed by atoms with E-state index in [0.29, 0.717) is 29.9 Å². The Bertz CT molecular complexity index is 1480. The van der Waals surface area contributed by atoms with E-state index in [9.17, 15) is 5.11 Å². The van der Waals surface area contributed by atoms with Gasteiger partial charge in [0.15, 0.2) is 0 Å². The van der Waals surface area contributed by atoms with Crippen LogP contribution in [0.4, 0.5) is 34.6 Å².